The topological polar surface area (TPSA) is 50.4 Å². The van der Waals surface area contributed by atoms with Crippen LogP contribution in [0.25, 0.3) is 0 Å². The Morgan fingerprint density at radius 2 is 2.14 bits per heavy atom. The number of nitrogens with zero attached hydrogens (tertiary/aromatic N) is 1. The summed E-state index contributed by atoms with van der Waals surface area (Å²) in [4.78, 5) is 0.420. The van der Waals surface area contributed by atoms with E-state index >= 15 is 0 Å². The van der Waals surface area contributed by atoms with E-state index in [2.05, 4.69) is 10.5 Å². The summed E-state index contributed by atoms with van der Waals surface area (Å²) in [6.45, 7) is 0. The van der Waals surface area contributed by atoms with Crippen LogP contribution in [0.2, 0.25) is 0 Å². The van der Waals surface area contributed by atoms with Crippen molar-refractivity contribution in [1.82, 2.24) is 5.43 Å². The molecule has 1 unspecified atom stereocenters. The van der Waals surface area contributed by atoms with Gasteiger partial charge in [0.1, 0.15) is 16.8 Å². The molecule has 0 saturated carbocycles. The molecule has 0 aliphatic carbocycles. The van der Waals surface area contributed by atoms with Crippen LogP contribution >= 0.6 is 12.2 Å². The smallest absolute Gasteiger partial charge is 0.132 e. The summed E-state index contributed by atoms with van der Waals surface area (Å²) in [6, 6.07) is 5.83. The molecule has 3 N–H and O–H groups in total. The second-order valence-corrected chi connectivity index (χ2v) is 3.37. The van der Waals surface area contributed by atoms with Gasteiger partial charge in [0.2, 0.25) is 0 Å². The molecule has 0 bridgehead atoms. The van der Waals surface area contributed by atoms with Gasteiger partial charge >= 0.3 is 0 Å². The monoisotopic (exact) mass is 209 g/mol. The zero-order valence-corrected chi connectivity index (χ0v) is 8.01. The molecule has 3 nitrogen and oxygen atoms in total. The highest BCUT2D eigenvalue weighted by Crippen LogP contribution is 2.12. The van der Waals surface area contributed by atoms with Gasteiger partial charge in [0.25, 0.3) is 0 Å². The van der Waals surface area contributed by atoms with Crippen LogP contribution in [0, 0.1) is 5.82 Å². The van der Waals surface area contributed by atoms with Gasteiger partial charge in [0.15, 0.2) is 0 Å². The average molecular weight is 209 g/mol. The number of hydrazone groups is 1. The molecule has 2 rings (SSSR count). The van der Waals surface area contributed by atoms with Crippen molar-refractivity contribution in [1.29, 1.82) is 0 Å². The number of rotatable bonds is 1. The fourth-order valence-electron chi connectivity index (χ4n) is 1.28. The van der Waals surface area contributed by atoms with Crippen LogP contribution in [0.15, 0.2) is 29.4 Å². The number of nitrogens with one attached hydrogen (secondary N) is 1. The van der Waals surface area contributed by atoms with E-state index in [-0.39, 0.29) is 5.82 Å². The van der Waals surface area contributed by atoms with Gasteiger partial charge in [-0.05, 0) is 6.07 Å². The van der Waals surface area contributed by atoms with Crippen molar-refractivity contribution >= 4 is 22.9 Å². The van der Waals surface area contributed by atoms with Crippen LogP contribution in [0.4, 0.5) is 4.39 Å². The molecule has 14 heavy (non-hydrogen) atoms. The summed E-state index contributed by atoms with van der Waals surface area (Å²) < 4.78 is 13.3. The van der Waals surface area contributed by atoms with Crippen molar-refractivity contribution in [3.63, 3.8) is 0 Å². The fourth-order valence-corrected chi connectivity index (χ4v) is 1.43. The molecular weight excluding hydrogens is 201 g/mol. The van der Waals surface area contributed by atoms with Crippen LogP contribution in [0.3, 0.4) is 0 Å². The number of hydrogen-bond donors (Lipinski definition) is 2. The molecule has 0 amide bonds. The quantitative estimate of drug-likeness (QED) is 0.672. The lowest BCUT2D eigenvalue weighted by Gasteiger charge is -2.06. The maximum absolute atomic E-state index is 13.3. The van der Waals surface area contributed by atoms with E-state index in [0.29, 0.717) is 16.3 Å². The van der Waals surface area contributed by atoms with Gasteiger partial charge < -0.3 is 5.73 Å². The Morgan fingerprint density at radius 3 is 2.71 bits per heavy atom. The minimum atomic E-state index is -0.512. The first kappa shape index (κ1) is 9.23. The predicted octanol–water partition coefficient (Wildman–Crippen LogP) is 0.788. The molecule has 1 aliphatic heterocycles. The van der Waals surface area contributed by atoms with Gasteiger partial charge in [-0.3, -0.25) is 5.43 Å². The summed E-state index contributed by atoms with van der Waals surface area (Å²) in [5.41, 5.74) is 9.14. The van der Waals surface area contributed by atoms with Gasteiger partial charge in [0, 0.05) is 5.56 Å². The van der Waals surface area contributed by atoms with Crippen LogP contribution in [0.5, 0.6) is 0 Å². The van der Waals surface area contributed by atoms with E-state index in [1.54, 1.807) is 18.2 Å². The minimum Gasteiger partial charge on any atom is -0.317 e. The third-order valence-corrected chi connectivity index (χ3v) is 2.36. The standard InChI is InChI=1S/C9H8FN3S/c10-6-4-2-1-3-5(6)8-7(11)9(14)13-12-8/h1-4,7H,11H2,(H,13,14). The first-order valence-electron chi connectivity index (χ1n) is 4.08. The number of thiocarbonyl (C=S) groups is 1. The maximum atomic E-state index is 13.3. The lowest BCUT2D eigenvalue weighted by atomic mass is 10.0. The zero-order valence-electron chi connectivity index (χ0n) is 7.20. The highest BCUT2D eigenvalue weighted by molar-refractivity contribution is 7.80. The van der Waals surface area contributed by atoms with Crippen molar-refractivity contribution < 1.29 is 4.39 Å². The Hall–Kier alpha value is -1.33. The van der Waals surface area contributed by atoms with Crippen molar-refractivity contribution in [2.45, 2.75) is 6.04 Å². The summed E-state index contributed by atoms with van der Waals surface area (Å²) >= 11 is 4.89. The molecule has 72 valence electrons. The van der Waals surface area contributed by atoms with E-state index in [1.807, 2.05) is 0 Å². The molecule has 1 aliphatic rings. The van der Waals surface area contributed by atoms with Crippen molar-refractivity contribution in [3.05, 3.63) is 35.6 Å². The lowest BCUT2D eigenvalue weighted by molar-refractivity contribution is 0.624. The Labute approximate surface area is 85.8 Å². The Kier molecular flexibility index (Phi) is 2.26. The zero-order chi connectivity index (χ0) is 10.1. The summed E-state index contributed by atoms with van der Waals surface area (Å²) in [7, 11) is 0. The summed E-state index contributed by atoms with van der Waals surface area (Å²) in [6.07, 6.45) is 0. The molecule has 0 saturated heterocycles. The lowest BCUT2D eigenvalue weighted by Crippen LogP contribution is -2.36. The molecule has 1 atom stereocenters. The first-order valence-corrected chi connectivity index (χ1v) is 4.49. The summed E-state index contributed by atoms with van der Waals surface area (Å²) in [5, 5.41) is 3.89. The minimum absolute atomic E-state index is 0.340. The SMILES string of the molecule is NC1C(=S)NN=C1c1ccccc1F. The maximum Gasteiger partial charge on any atom is 0.132 e. The Bertz CT molecular complexity index is 416. The summed E-state index contributed by atoms with van der Waals surface area (Å²) in [5.74, 6) is -0.340. The number of benzene rings is 1. The highest BCUT2D eigenvalue weighted by atomic mass is 32.1. The second kappa shape index (κ2) is 3.43. The molecule has 5 heteroatoms. The van der Waals surface area contributed by atoms with Crippen molar-refractivity contribution in [2.24, 2.45) is 10.8 Å². The van der Waals surface area contributed by atoms with Crippen molar-refractivity contribution in [2.75, 3.05) is 0 Å². The molecule has 1 aromatic rings. The average Bonchev–Trinajstić information content (AvgIpc) is 2.49. The van der Waals surface area contributed by atoms with Crippen LogP contribution in [0.1, 0.15) is 5.56 Å². The normalized spacial score (nSPS) is 20.6. The third-order valence-electron chi connectivity index (χ3n) is 2.01. The third kappa shape index (κ3) is 1.40. The van der Waals surface area contributed by atoms with Gasteiger partial charge in [-0.25, -0.2) is 4.39 Å². The number of nitrogens with two attached hydrogens (primary N) is 1. The van der Waals surface area contributed by atoms with Gasteiger partial charge in [-0.15, -0.1) is 0 Å². The van der Waals surface area contributed by atoms with E-state index in [9.17, 15) is 4.39 Å². The largest absolute Gasteiger partial charge is 0.317 e. The fraction of sp³-hybridized carbons (Fsp3) is 0.111. The number of halogens is 1. The molecular formula is C9H8FN3S. The molecule has 0 spiro atoms. The first-order chi connectivity index (χ1) is 6.70. The second-order valence-electron chi connectivity index (χ2n) is 2.93. The van der Waals surface area contributed by atoms with E-state index in [4.69, 9.17) is 18.0 Å². The van der Waals surface area contributed by atoms with Crippen LogP contribution in [-0.4, -0.2) is 16.7 Å². The van der Waals surface area contributed by atoms with E-state index in [0.717, 1.165) is 0 Å². The Balaban J connectivity index is 2.42. The van der Waals surface area contributed by atoms with E-state index in [1.165, 1.54) is 6.07 Å². The molecule has 0 radical (unpaired) electrons. The highest BCUT2D eigenvalue weighted by Gasteiger charge is 2.25. The predicted molar refractivity (Wildman–Crippen MR) is 56.6 cm³/mol. The van der Waals surface area contributed by atoms with Crippen LogP contribution < -0.4 is 11.2 Å². The Morgan fingerprint density at radius 1 is 1.43 bits per heavy atom. The molecule has 0 aromatic heterocycles. The van der Waals surface area contributed by atoms with Gasteiger partial charge in [-0.1, -0.05) is 30.4 Å². The van der Waals surface area contributed by atoms with Crippen LogP contribution in [-0.2, 0) is 0 Å². The van der Waals surface area contributed by atoms with Gasteiger partial charge in [0.05, 0.1) is 5.71 Å². The van der Waals surface area contributed by atoms with Crippen molar-refractivity contribution in [3.8, 4) is 0 Å². The van der Waals surface area contributed by atoms with Gasteiger partial charge in [-0.2, -0.15) is 5.10 Å². The number of hydrogen-bond acceptors (Lipinski definition) is 3. The molecule has 1 aromatic carbocycles. The molecule has 1 heterocycles. The molecule has 0 fully saturated rings. The van der Waals surface area contributed by atoms with E-state index < -0.39 is 6.04 Å².